The molecule has 2 atom stereocenters. The van der Waals surface area contributed by atoms with Gasteiger partial charge in [-0.3, -0.25) is 0 Å². The molecule has 0 aliphatic rings. The summed E-state index contributed by atoms with van der Waals surface area (Å²) in [5, 5.41) is 19.5. The Morgan fingerprint density at radius 1 is 1.40 bits per heavy atom. The van der Waals surface area contributed by atoms with Gasteiger partial charge in [0.1, 0.15) is 6.10 Å². The first-order chi connectivity index (χ1) is 7.06. The number of hydrogen-bond donors (Lipinski definition) is 4. The Balaban J connectivity index is 2.86. The molecule has 0 aromatic heterocycles. The maximum atomic E-state index is 9.87. The second kappa shape index (κ2) is 5.39. The molecule has 84 valence electrons. The van der Waals surface area contributed by atoms with Crippen LogP contribution < -0.4 is 5.73 Å². The van der Waals surface area contributed by atoms with E-state index in [0.29, 0.717) is 17.9 Å². The number of benzene rings is 1. The molecule has 4 heteroatoms. The minimum absolute atomic E-state index is 0.466. The van der Waals surface area contributed by atoms with Gasteiger partial charge in [-0.15, -0.1) is 0 Å². The summed E-state index contributed by atoms with van der Waals surface area (Å²) in [6.45, 7) is 1.86. The van der Waals surface area contributed by atoms with E-state index in [9.17, 15) is 10.2 Å². The van der Waals surface area contributed by atoms with Gasteiger partial charge in [0.15, 0.2) is 0 Å². The molecule has 0 radical (unpaired) electrons. The van der Waals surface area contributed by atoms with Gasteiger partial charge in [-0.1, -0.05) is 6.07 Å². The normalized spacial score (nSPS) is 14.9. The number of nitrogens with two attached hydrogens (primary N) is 1. The molecule has 15 heavy (non-hydrogen) atoms. The van der Waals surface area contributed by atoms with E-state index in [1.54, 1.807) is 18.2 Å². The van der Waals surface area contributed by atoms with Crippen molar-refractivity contribution in [3.05, 3.63) is 29.3 Å². The Bertz CT molecular complexity index is 330. The number of aliphatic hydroxyl groups excluding tert-OH is 2. The molecular weight excluding hydrogens is 210 g/mol. The van der Waals surface area contributed by atoms with Gasteiger partial charge in [0.05, 0.1) is 6.10 Å². The maximum absolute atomic E-state index is 9.87. The molecule has 1 aromatic carbocycles. The minimum Gasteiger partial charge on any atom is -0.399 e. The smallest absolute Gasteiger partial charge is 0.105 e. The van der Waals surface area contributed by atoms with E-state index >= 15 is 0 Å². The second-order valence-corrected chi connectivity index (χ2v) is 4.09. The molecule has 1 aromatic rings. The van der Waals surface area contributed by atoms with Crippen LogP contribution >= 0.6 is 12.6 Å². The largest absolute Gasteiger partial charge is 0.399 e. The van der Waals surface area contributed by atoms with E-state index in [1.807, 2.05) is 6.92 Å². The Hall–Kier alpha value is -0.710. The molecule has 0 saturated heterocycles. The number of rotatable bonds is 4. The van der Waals surface area contributed by atoms with Gasteiger partial charge in [-0.2, -0.15) is 12.6 Å². The van der Waals surface area contributed by atoms with Gasteiger partial charge in [-0.05, 0) is 42.4 Å². The number of thiol groups is 1. The van der Waals surface area contributed by atoms with E-state index in [-0.39, 0.29) is 0 Å². The molecule has 0 saturated carbocycles. The van der Waals surface area contributed by atoms with Crippen LogP contribution in [-0.2, 0) is 0 Å². The van der Waals surface area contributed by atoms with Crippen molar-refractivity contribution in [3.63, 3.8) is 0 Å². The third-order valence-electron chi connectivity index (χ3n) is 2.40. The van der Waals surface area contributed by atoms with Gasteiger partial charge in [-0.25, -0.2) is 0 Å². The topological polar surface area (TPSA) is 66.5 Å². The van der Waals surface area contributed by atoms with Crippen LogP contribution in [0.4, 0.5) is 5.69 Å². The fourth-order valence-electron chi connectivity index (χ4n) is 1.53. The number of aryl methyl sites for hydroxylation is 1. The van der Waals surface area contributed by atoms with Crippen LogP contribution in [0.25, 0.3) is 0 Å². The molecular formula is C11H17NO2S. The molecule has 0 heterocycles. The van der Waals surface area contributed by atoms with E-state index in [4.69, 9.17) is 5.73 Å². The van der Waals surface area contributed by atoms with Crippen LogP contribution in [0, 0.1) is 6.92 Å². The molecule has 0 amide bonds. The summed E-state index contributed by atoms with van der Waals surface area (Å²) in [6.07, 6.45) is -1.17. The molecule has 2 unspecified atom stereocenters. The van der Waals surface area contributed by atoms with Crippen molar-refractivity contribution >= 4 is 18.3 Å². The summed E-state index contributed by atoms with van der Waals surface area (Å²) >= 11 is 4.02. The molecule has 4 N–H and O–H groups in total. The fraction of sp³-hybridized carbons (Fsp3) is 0.455. The lowest BCUT2D eigenvalue weighted by molar-refractivity contribution is 0.0169. The van der Waals surface area contributed by atoms with Gasteiger partial charge in [0, 0.05) is 5.69 Å². The van der Waals surface area contributed by atoms with E-state index in [0.717, 1.165) is 11.1 Å². The van der Waals surface area contributed by atoms with Crippen molar-refractivity contribution in [1.29, 1.82) is 0 Å². The van der Waals surface area contributed by atoms with Crippen molar-refractivity contribution in [2.45, 2.75) is 25.6 Å². The van der Waals surface area contributed by atoms with Gasteiger partial charge >= 0.3 is 0 Å². The van der Waals surface area contributed by atoms with Crippen LogP contribution in [0.15, 0.2) is 18.2 Å². The zero-order valence-corrected chi connectivity index (χ0v) is 9.61. The Kier molecular flexibility index (Phi) is 4.45. The van der Waals surface area contributed by atoms with Gasteiger partial charge in [0.25, 0.3) is 0 Å². The van der Waals surface area contributed by atoms with Crippen LogP contribution in [0.2, 0.25) is 0 Å². The molecule has 0 bridgehead atoms. The quantitative estimate of drug-likeness (QED) is 0.463. The average Bonchev–Trinajstić information content (AvgIpc) is 2.17. The van der Waals surface area contributed by atoms with Crippen molar-refractivity contribution in [3.8, 4) is 0 Å². The summed E-state index contributed by atoms with van der Waals surface area (Å²) in [4.78, 5) is 0. The average molecular weight is 227 g/mol. The fourth-order valence-corrected chi connectivity index (χ4v) is 1.79. The number of nitrogen functional groups attached to an aromatic ring is 1. The van der Waals surface area contributed by atoms with Gasteiger partial charge < -0.3 is 15.9 Å². The first kappa shape index (κ1) is 12.4. The summed E-state index contributed by atoms with van der Waals surface area (Å²) in [6, 6.07) is 5.25. The van der Waals surface area contributed by atoms with Gasteiger partial charge in [0.2, 0.25) is 0 Å². The first-order valence-corrected chi connectivity index (χ1v) is 5.52. The van der Waals surface area contributed by atoms with E-state index in [2.05, 4.69) is 12.6 Å². The van der Waals surface area contributed by atoms with Crippen molar-refractivity contribution in [2.75, 3.05) is 11.5 Å². The SMILES string of the molecule is Cc1cc(N)ccc1C(O)C(O)CCS. The Morgan fingerprint density at radius 2 is 2.07 bits per heavy atom. The zero-order chi connectivity index (χ0) is 11.4. The molecule has 0 aliphatic heterocycles. The highest BCUT2D eigenvalue weighted by Crippen LogP contribution is 2.24. The molecule has 1 rings (SSSR count). The van der Waals surface area contributed by atoms with Crippen molar-refractivity contribution in [1.82, 2.24) is 0 Å². The lowest BCUT2D eigenvalue weighted by Gasteiger charge is -2.19. The van der Waals surface area contributed by atoms with Crippen molar-refractivity contribution in [2.24, 2.45) is 0 Å². The number of aliphatic hydroxyl groups is 2. The Morgan fingerprint density at radius 3 is 2.60 bits per heavy atom. The summed E-state index contributed by atoms with van der Waals surface area (Å²) < 4.78 is 0. The maximum Gasteiger partial charge on any atom is 0.105 e. The van der Waals surface area contributed by atoms with Crippen LogP contribution in [0.3, 0.4) is 0 Å². The highest BCUT2D eigenvalue weighted by atomic mass is 32.1. The molecule has 0 aliphatic carbocycles. The van der Waals surface area contributed by atoms with Crippen LogP contribution in [-0.4, -0.2) is 22.1 Å². The molecule has 0 fully saturated rings. The summed E-state index contributed by atoms with van der Waals surface area (Å²) in [7, 11) is 0. The van der Waals surface area contributed by atoms with Crippen LogP contribution in [0.1, 0.15) is 23.7 Å². The minimum atomic E-state index is -0.863. The summed E-state index contributed by atoms with van der Waals surface area (Å²) in [5.41, 5.74) is 7.88. The Labute approximate surface area is 95.3 Å². The lowest BCUT2D eigenvalue weighted by Crippen LogP contribution is -2.19. The molecule has 0 spiro atoms. The molecule has 3 nitrogen and oxygen atoms in total. The number of hydrogen-bond acceptors (Lipinski definition) is 4. The lowest BCUT2D eigenvalue weighted by atomic mass is 9.98. The third kappa shape index (κ3) is 3.12. The first-order valence-electron chi connectivity index (χ1n) is 4.89. The van der Waals surface area contributed by atoms with E-state index in [1.165, 1.54) is 0 Å². The highest BCUT2D eigenvalue weighted by molar-refractivity contribution is 7.80. The van der Waals surface area contributed by atoms with E-state index < -0.39 is 12.2 Å². The van der Waals surface area contributed by atoms with Crippen molar-refractivity contribution < 1.29 is 10.2 Å². The zero-order valence-electron chi connectivity index (χ0n) is 8.72. The predicted octanol–water partition coefficient (Wildman–Crippen LogP) is 1.29. The standard InChI is InChI=1S/C11H17NO2S/c1-7-6-8(12)2-3-9(7)11(14)10(13)4-5-15/h2-3,6,10-11,13-15H,4-5,12H2,1H3. The highest BCUT2D eigenvalue weighted by Gasteiger charge is 2.19. The second-order valence-electron chi connectivity index (χ2n) is 3.64. The summed E-state index contributed by atoms with van der Waals surface area (Å²) in [5.74, 6) is 0.548. The van der Waals surface area contributed by atoms with Crippen LogP contribution in [0.5, 0.6) is 0 Å². The monoisotopic (exact) mass is 227 g/mol. The predicted molar refractivity (Wildman–Crippen MR) is 65.0 cm³/mol. The number of anilines is 1. The third-order valence-corrected chi connectivity index (χ3v) is 2.66.